The highest BCUT2D eigenvalue weighted by atomic mass is 16.5. The summed E-state index contributed by atoms with van der Waals surface area (Å²) in [7, 11) is 3.20. The predicted octanol–water partition coefficient (Wildman–Crippen LogP) is 1.78. The first kappa shape index (κ1) is 14.9. The molecule has 6 heteroatoms. The minimum Gasteiger partial charge on any atom is -0.497 e. The lowest BCUT2D eigenvalue weighted by molar-refractivity contribution is -0.122. The molecule has 0 aliphatic rings. The summed E-state index contributed by atoms with van der Waals surface area (Å²) >= 11 is 0. The SMILES string of the molecule is COc1ccc(OC)c(C(C)NC(=O)Cn2cccn2)c1. The zero-order valence-electron chi connectivity index (χ0n) is 12.4. The van der Waals surface area contributed by atoms with Crippen molar-refractivity contribution >= 4 is 5.91 Å². The fourth-order valence-corrected chi connectivity index (χ4v) is 2.08. The van der Waals surface area contributed by atoms with Crippen LogP contribution in [0.5, 0.6) is 11.5 Å². The third kappa shape index (κ3) is 3.75. The molecule has 2 aromatic rings. The third-order valence-corrected chi connectivity index (χ3v) is 3.15. The van der Waals surface area contributed by atoms with E-state index in [1.807, 2.05) is 25.1 Å². The first-order chi connectivity index (χ1) is 10.1. The van der Waals surface area contributed by atoms with Gasteiger partial charge in [0.1, 0.15) is 18.0 Å². The minimum atomic E-state index is -0.196. The van der Waals surface area contributed by atoms with Crippen molar-refractivity contribution in [3.05, 3.63) is 42.2 Å². The van der Waals surface area contributed by atoms with Crippen molar-refractivity contribution in [2.75, 3.05) is 14.2 Å². The molecule has 6 nitrogen and oxygen atoms in total. The van der Waals surface area contributed by atoms with Crippen LogP contribution in [0.1, 0.15) is 18.5 Å². The summed E-state index contributed by atoms with van der Waals surface area (Å²) in [5.41, 5.74) is 0.866. The van der Waals surface area contributed by atoms with Crippen LogP contribution in [-0.2, 0) is 11.3 Å². The fraction of sp³-hybridized carbons (Fsp3) is 0.333. The summed E-state index contributed by atoms with van der Waals surface area (Å²) in [5.74, 6) is 1.32. The normalized spacial score (nSPS) is 11.8. The molecule has 1 amide bonds. The molecular formula is C15H19N3O3. The van der Waals surface area contributed by atoms with Gasteiger partial charge in [-0.15, -0.1) is 0 Å². The van der Waals surface area contributed by atoms with Crippen LogP contribution >= 0.6 is 0 Å². The van der Waals surface area contributed by atoms with Crippen LogP contribution < -0.4 is 14.8 Å². The first-order valence-electron chi connectivity index (χ1n) is 6.62. The molecule has 1 N–H and O–H groups in total. The van der Waals surface area contributed by atoms with Gasteiger partial charge in [0.25, 0.3) is 0 Å². The summed E-state index contributed by atoms with van der Waals surface area (Å²) in [6.45, 7) is 2.09. The molecular weight excluding hydrogens is 270 g/mol. The Morgan fingerprint density at radius 1 is 1.38 bits per heavy atom. The molecule has 0 spiro atoms. The second-order valence-corrected chi connectivity index (χ2v) is 4.60. The number of hydrogen-bond acceptors (Lipinski definition) is 4. The Labute approximate surface area is 123 Å². The summed E-state index contributed by atoms with van der Waals surface area (Å²) in [5, 5.41) is 6.93. The second kappa shape index (κ2) is 6.78. The molecule has 21 heavy (non-hydrogen) atoms. The highest BCUT2D eigenvalue weighted by Crippen LogP contribution is 2.29. The molecule has 0 aliphatic heterocycles. The van der Waals surface area contributed by atoms with Crippen molar-refractivity contribution in [3.63, 3.8) is 0 Å². The Morgan fingerprint density at radius 2 is 2.19 bits per heavy atom. The van der Waals surface area contributed by atoms with E-state index in [1.54, 1.807) is 37.4 Å². The van der Waals surface area contributed by atoms with Crippen LogP contribution in [0, 0.1) is 0 Å². The number of aromatic nitrogens is 2. The van der Waals surface area contributed by atoms with Gasteiger partial charge in [-0.05, 0) is 31.2 Å². The maximum atomic E-state index is 12.0. The topological polar surface area (TPSA) is 65.4 Å². The number of nitrogens with one attached hydrogen (secondary N) is 1. The van der Waals surface area contributed by atoms with E-state index in [9.17, 15) is 4.79 Å². The summed E-state index contributed by atoms with van der Waals surface area (Å²) in [6, 6.07) is 7.09. The summed E-state index contributed by atoms with van der Waals surface area (Å²) in [6.07, 6.45) is 3.39. The van der Waals surface area contributed by atoms with Crippen LogP contribution in [0.4, 0.5) is 0 Å². The van der Waals surface area contributed by atoms with Gasteiger partial charge >= 0.3 is 0 Å². The molecule has 112 valence electrons. The lowest BCUT2D eigenvalue weighted by Gasteiger charge is -2.18. The van der Waals surface area contributed by atoms with E-state index in [0.29, 0.717) is 5.75 Å². The van der Waals surface area contributed by atoms with Crippen LogP contribution in [0.15, 0.2) is 36.7 Å². The van der Waals surface area contributed by atoms with Gasteiger partial charge in [0.15, 0.2) is 0 Å². The lowest BCUT2D eigenvalue weighted by Crippen LogP contribution is -2.30. The summed E-state index contributed by atoms with van der Waals surface area (Å²) < 4.78 is 12.1. The summed E-state index contributed by atoms with van der Waals surface area (Å²) in [4.78, 5) is 12.0. The Hall–Kier alpha value is -2.50. The molecule has 0 saturated heterocycles. The molecule has 2 rings (SSSR count). The van der Waals surface area contributed by atoms with E-state index in [1.165, 1.54) is 0 Å². The van der Waals surface area contributed by atoms with Gasteiger partial charge in [0.2, 0.25) is 5.91 Å². The number of rotatable bonds is 6. The molecule has 1 heterocycles. The predicted molar refractivity (Wildman–Crippen MR) is 78.3 cm³/mol. The van der Waals surface area contributed by atoms with E-state index in [2.05, 4.69) is 10.4 Å². The molecule has 0 aliphatic carbocycles. The van der Waals surface area contributed by atoms with Gasteiger partial charge in [0.05, 0.1) is 20.3 Å². The van der Waals surface area contributed by atoms with Crippen LogP contribution in [0.25, 0.3) is 0 Å². The molecule has 0 fully saturated rings. The average molecular weight is 289 g/mol. The van der Waals surface area contributed by atoms with E-state index in [4.69, 9.17) is 9.47 Å². The minimum absolute atomic E-state index is 0.115. The largest absolute Gasteiger partial charge is 0.497 e. The Balaban J connectivity index is 2.08. The molecule has 0 saturated carbocycles. The number of benzene rings is 1. The van der Waals surface area contributed by atoms with Crippen LogP contribution in [0.3, 0.4) is 0 Å². The number of carbonyl (C=O) groups excluding carboxylic acids is 1. The maximum Gasteiger partial charge on any atom is 0.242 e. The highest BCUT2D eigenvalue weighted by molar-refractivity contribution is 5.76. The van der Waals surface area contributed by atoms with Crippen LogP contribution in [0.2, 0.25) is 0 Å². The van der Waals surface area contributed by atoms with E-state index >= 15 is 0 Å². The van der Waals surface area contributed by atoms with Gasteiger partial charge in [0, 0.05) is 18.0 Å². The fourth-order valence-electron chi connectivity index (χ4n) is 2.08. The quantitative estimate of drug-likeness (QED) is 0.880. The van der Waals surface area contributed by atoms with Crippen molar-refractivity contribution in [3.8, 4) is 11.5 Å². The van der Waals surface area contributed by atoms with Gasteiger partial charge in [-0.2, -0.15) is 5.10 Å². The molecule has 1 aromatic carbocycles. The number of carbonyl (C=O) groups is 1. The van der Waals surface area contributed by atoms with Gasteiger partial charge in [-0.3, -0.25) is 9.48 Å². The van der Waals surface area contributed by atoms with Crippen molar-refractivity contribution in [1.82, 2.24) is 15.1 Å². The number of methoxy groups -OCH3 is 2. The van der Waals surface area contributed by atoms with Gasteiger partial charge < -0.3 is 14.8 Å². The molecule has 1 aromatic heterocycles. The number of ether oxygens (including phenoxy) is 2. The zero-order chi connectivity index (χ0) is 15.2. The van der Waals surface area contributed by atoms with Gasteiger partial charge in [-0.25, -0.2) is 0 Å². The average Bonchev–Trinajstić information content (AvgIpc) is 2.99. The highest BCUT2D eigenvalue weighted by Gasteiger charge is 2.15. The third-order valence-electron chi connectivity index (χ3n) is 3.15. The maximum absolute atomic E-state index is 12.0. The number of amides is 1. The Bertz CT molecular complexity index is 596. The molecule has 0 bridgehead atoms. The van der Waals surface area contributed by atoms with E-state index in [0.717, 1.165) is 11.3 Å². The number of nitrogens with zero attached hydrogens (tertiary/aromatic N) is 2. The second-order valence-electron chi connectivity index (χ2n) is 4.60. The van der Waals surface area contributed by atoms with E-state index in [-0.39, 0.29) is 18.5 Å². The van der Waals surface area contributed by atoms with Crippen molar-refractivity contribution in [1.29, 1.82) is 0 Å². The smallest absolute Gasteiger partial charge is 0.242 e. The molecule has 1 atom stereocenters. The lowest BCUT2D eigenvalue weighted by atomic mass is 10.1. The van der Waals surface area contributed by atoms with Crippen molar-refractivity contribution < 1.29 is 14.3 Å². The van der Waals surface area contributed by atoms with E-state index < -0.39 is 0 Å². The monoisotopic (exact) mass is 289 g/mol. The van der Waals surface area contributed by atoms with Crippen LogP contribution in [-0.4, -0.2) is 29.9 Å². The van der Waals surface area contributed by atoms with Crippen molar-refractivity contribution in [2.24, 2.45) is 0 Å². The first-order valence-corrected chi connectivity index (χ1v) is 6.62. The Morgan fingerprint density at radius 3 is 2.81 bits per heavy atom. The van der Waals surface area contributed by atoms with Crippen molar-refractivity contribution in [2.45, 2.75) is 19.5 Å². The number of hydrogen-bond donors (Lipinski definition) is 1. The van der Waals surface area contributed by atoms with Gasteiger partial charge in [-0.1, -0.05) is 0 Å². The Kier molecular flexibility index (Phi) is 4.81. The zero-order valence-corrected chi connectivity index (χ0v) is 12.4. The molecule has 1 unspecified atom stereocenters. The standard InChI is InChI=1S/C15H19N3O3/c1-11(17-15(19)10-18-8-4-7-16-18)13-9-12(20-2)5-6-14(13)21-3/h4-9,11H,10H2,1-3H3,(H,17,19). The molecule has 0 radical (unpaired) electrons.